The first-order valence-electron chi connectivity index (χ1n) is 3.24. The summed E-state index contributed by atoms with van der Waals surface area (Å²) in [5.74, 6) is 0. The molecule has 0 heterocycles. The molecule has 1 radical (unpaired) electrons. The second kappa shape index (κ2) is 4.51. The predicted molar refractivity (Wildman–Crippen MR) is 47.9 cm³/mol. The maximum Gasteiger partial charge on any atom is 0.331 e. The van der Waals surface area contributed by atoms with Gasteiger partial charge in [-0.1, -0.05) is 29.8 Å². The molecule has 3 nitrogen and oxygen atoms in total. The van der Waals surface area contributed by atoms with Crippen LogP contribution in [0.5, 0.6) is 0 Å². The van der Waals surface area contributed by atoms with Gasteiger partial charge in [0, 0.05) is 10.6 Å². The van der Waals surface area contributed by atoms with Crippen LogP contribution in [0.3, 0.4) is 0 Å². The van der Waals surface area contributed by atoms with Crippen molar-refractivity contribution in [3.63, 3.8) is 0 Å². The molecule has 0 saturated heterocycles. The zero-order chi connectivity index (χ0) is 8.81. The van der Waals surface area contributed by atoms with Crippen LogP contribution in [0.2, 0.25) is 5.02 Å². The topological polar surface area (TPSA) is 41.5 Å². The highest BCUT2D eigenvalue weighted by molar-refractivity contribution is 6.33. The van der Waals surface area contributed by atoms with E-state index in [9.17, 15) is 4.79 Å². The fraction of sp³-hybridized carbons (Fsp3) is 0. The lowest BCUT2D eigenvalue weighted by Gasteiger charge is -1.93. The van der Waals surface area contributed by atoms with Crippen LogP contribution in [0, 0.1) is 0 Å². The van der Waals surface area contributed by atoms with E-state index in [-0.39, 0.29) is 0 Å². The Bertz CT molecular complexity index is 299. The SMILES string of the molecule is O=[C]NN=Cc1ccccc1Cl. The highest BCUT2D eigenvalue weighted by Gasteiger charge is 1.92. The quantitative estimate of drug-likeness (QED) is 0.427. The zero-order valence-electron chi connectivity index (χ0n) is 6.12. The molecule has 1 amide bonds. The molecule has 0 aromatic heterocycles. The molecule has 0 aliphatic heterocycles. The number of hydrogen-bond acceptors (Lipinski definition) is 2. The monoisotopic (exact) mass is 181 g/mol. The summed E-state index contributed by atoms with van der Waals surface area (Å²) in [6.07, 6.45) is 2.87. The molecule has 61 valence electrons. The van der Waals surface area contributed by atoms with Crippen molar-refractivity contribution in [2.24, 2.45) is 5.10 Å². The van der Waals surface area contributed by atoms with Gasteiger partial charge in [-0.05, 0) is 6.07 Å². The van der Waals surface area contributed by atoms with E-state index < -0.39 is 0 Å². The molecular weight excluding hydrogens is 176 g/mol. The van der Waals surface area contributed by atoms with E-state index >= 15 is 0 Å². The van der Waals surface area contributed by atoms with Crippen molar-refractivity contribution >= 4 is 24.2 Å². The lowest BCUT2D eigenvalue weighted by Crippen LogP contribution is -2.00. The second-order valence-electron chi connectivity index (χ2n) is 1.99. The van der Waals surface area contributed by atoms with Crippen LogP contribution >= 0.6 is 11.6 Å². The molecule has 12 heavy (non-hydrogen) atoms. The van der Waals surface area contributed by atoms with Gasteiger partial charge >= 0.3 is 6.41 Å². The summed E-state index contributed by atoms with van der Waals surface area (Å²) >= 11 is 5.79. The molecule has 1 aromatic carbocycles. The Morgan fingerprint density at radius 3 is 2.92 bits per heavy atom. The van der Waals surface area contributed by atoms with Crippen molar-refractivity contribution in [2.75, 3.05) is 0 Å². The first kappa shape index (κ1) is 8.74. The van der Waals surface area contributed by atoms with Gasteiger partial charge in [0.15, 0.2) is 0 Å². The first-order valence-corrected chi connectivity index (χ1v) is 3.62. The van der Waals surface area contributed by atoms with E-state index in [4.69, 9.17) is 11.6 Å². The Labute approximate surface area is 75.0 Å². The van der Waals surface area contributed by atoms with Gasteiger partial charge < -0.3 is 0 Å². The lowest BCUT2D eigenvalue weighted by molar-refractivity contribution is 0.545. The Hall–Kier alpha value is -1.35. The smallest absolute Gasteiger partial charge is 0.262 e. The molecular formula is C8H6ClN2O. The van der Waals surface area contributed by atoms with E-state index in [1.54, 1.807) is 12.1 Å². The predicted octanol–water partition coefficient (Wildman–Crippen LogP) is 1.33. The van der Waals surface area contributed by atoms with Crippen LogP contribution in [-0.4, -0.2) is 12.6 Å². The molecule has 0 unspecified atom stereocenters. The molecule has 0 bridgehead atoms. The van der Waals surface area contributed by atoms with Gasteiger partial charge in [-0.2, -0.15) is 5.10 Å². The van der Waals surface area contributed by atoms with Crippen LogP contribution in [0.1, 0.15) is 5.56 Å². The van der Waals surface area contributed by atoms with Gasteiger partial charge in [0.25, 0.3) is 0 Å². The van der Waals surface area contributed by atoms with Crippen molar-refractivity contribution in [2.45, 2.75) is 0 Å². The van der Waals surface area contributed by atoms with Gasteiger partial charge in [-0.25, -0.2) is 5.43 Å². The summed E-state index contributed by atoms with van der Waals surface area (Å²) in [5, 5.41) is 4.13. The molecule has 0 aliphatic carbocycles. The third-order valence-corrected chi connectivity index (χ3v) is 1.56. The fourth-order valence-corrected chi connectivity index (χ4v) is 0.892. The molecule has 4 heteroatoms. The number of rotatable bonds is 3. The Balaban J connectivity index is 2.74. The van der Waals surface area contributed by atoms with E-state index in [2.05, 4.69) is 5.10 Å². The van der Waals surface area contributed by atoms with Crippen molar-refractivity contribution in [1.82, 2.24) is 5.43 Å². The Morgan fingerprint density at radius 2 is 2.25 bits per heavy atom. The lowest BCUT2D eigenvalue weighted by atomic mass is 10.2. The van der Waals surface area contributed by atoms with Crippen LogP contribution in [0.4, 0.5) is 0 Å². The summed E-state index contributed by atoms with van der Waals surface area (Å²) in [5.41, 5.74) is 2.78. The number of nitrogens with one attached hydrogen (secondary N) is 1. The van der Waals surface area contributed by atoms with E-state index in [0.29, 0.717) is 5.02 Å². The second-order valence-corrected chi connectivity index (χ2v) is 2.40. The fourth-order valence-electron chi connectivity index (χ4n) is 0.708. The van der Waals surface area contributed by atoms with Gasteiger partial charge in [-0.15, -0.1) is 0 Å². The largest absolute Gasteiger partial charge is 0.331 e. The number of benzene rings is 1. The summed E-state index contributed by atoms with van der Waals surface area (Å²) in [7, 11) is 0. The average molecular weight is 182 g/mol. The molecule has 1 rings (SSSR count). The van der Waals surface area contributed by atoms with E-state index in [1.807, 2.05) is 17.6 Å². The number of hydrogen-bond donors (Lipinski definition) is 1. The summed E-state index contributed by atoms with van der Waals surface area (Å²) in [6, 6.07) is 7.18. The minimum Gasteiger partial charge on any atom is -0.262 e. The zero-order valence-corrected chi connectivity index (χ0v) is 6.88. The average Bonchev–Trinajstić information content (AvgIpc) is 2.09. The van der Waals surface area contributed by atoms with Gasteiger partial charge in [-0.3, -0.25) is 4.79 Å². The van der Waals surface area contributed by atoms with Crippen molar-refractivity contribution in [1.29, 1.82) is 0 Å². The summed E-state index contributed by atoms with van der Waals surface area (Å²) in [4.78, 5) is 9.70. The number of nitrogens with zero attached hydrogens (tertiary/aromatic N) is 1. The third kappa shape index (κ3) is 2.36. The molecule has 0 fully saturated rings. The van der Waals surface area contributed by atoms with Crippen molar-refractivity contribution in [3.05, 3.63) is 34.9 Å². The third-order valence-electron chi connectivity index (χ3n) is 1.22. The first-order chi connectivity index (χ1) is 5.84. The number of halogens is 1. The molecule has 1 N–H and O–H groups in total. The molecule has 0 atom stereocenters. The van der Waals surface area contributed by atoms with Crippen molar-refractivity contribution in [3.8, 4) is 0 Å². The van der Waals surface area contributed by atoms with Crippen molar-refractivity contribution < 1.29 is 4.79 Å². The number of amides is 1. The Morgan fingerprint density at radius 1 is 1.50 bits per heavy atom. The summed E-state index contributed by atoms with van der Waals surface area (Å²) in [6.45, 7) is 0. The maximum absolute atomic E-state index is 9.70. The van der Waals surface area contributed by atoms with Crippen LogP contribution in [0.25, 0.3) is 0 Å². The van der Waals surface area contributed by atoms with Crippen LogP contribution in [-0.2, 0) is 4.79 Å². The maximum atomic E-state index is 9.70. The molecule has 0 aliphatic rings. The number of hydrazone groups is 1. The van der Waals surface area contributed by atoms with Gasteiger partial charge in [0.05, 0.1) is 6.21 Å². The molecule has 0 saturated carbocycles. The summed E-state index contributed by atoms with van der Waals surface area (Å²) < 4.78 is 0. The van der Waals surface area contributed by atoms with E-state index in [0.717, 1.165) is 5.56 Å². The van der Waals surface area contributed by atoms with Crippen LogP contribution in [0.15, 0.2) is 29.4 Å². The molecule has 0 spiro atoms. The minimum absolute atomic E-state index is 0.592. The molecule has 1 aromatic rings. The van der Waals surface area contributed by atoms with E-state index in [1.165, 1.54) is 12.6 Å². The Kier molecular flexibility index (Phi) is 3.29. The minimum atomic E-state index is 0.592. The van der Waals surface area contributed by atoms with Crippen LogP contribution < -0.4 is 5.43 Å². The highest BCUT2D eigenvalue weighted by Crippen LogP contribution is 2.11. The van der Waals surface area contributed by atoms with Gasteiger partial charge in [0.1, 0.15) is 0 Å². The standard InChI is InChI=1S/C8H6ClN2O/c9-8-4-2-1-3-7(8)5-10-11-6-12/h1-5H,(H,11,12). The van der Waals surface area contributed by atoms with Gasteiger partial charge in [0.2, 0.25) is 0 Å². The number of carbonyl (C=O) groups excluding carboxylic acids is 1. The highest BCUT2D eigenvalue weighted by atomic mass is 35.5. The normalized spacial score (nSPS) is 10.1.